The summed E-state index contributed by atoms with van der Waals surface area (Å²) in [6.45, 7) is 8.03. The number of anilines is 1. The summed E-state index contributed by atoms with van der Waals surface area (Å²) in [4.78, 5) is 0. The lowest BCUT2D eigenvalue weighted by Gasteiger charge is -2.32. The predicted octanol–water partition coefficient (Wildman–Crippen LogP) is 2.38. The van der Waals surface area contributed by atoms with Gasteiger partial charge in [-0.1, -0.05) is 12.1 Å². The predicted molar refractivity (Wildman–Crippen MR) is 83.9 cm³/mol. The molecule has 0 spiro atoms. The minimum atomic E-state index is -0.598. The van der Waals surface area contributed by atoms with Crippen LogP contribution >= 0.6 is 0 Å². The van der Waals surface area contributed by atoms with E-state index in [0.717, 1.165) is 0 Å². The number of nitrogens with two attached hydrogens (primary N) is 2. The Morgan fingerprint density at radius 3 is 2.29 bits per heavy atom. The molecule has 0 saturated carbocycles. The van der Waals surface area contributed by atoms with Crippen molar-refractivity contribution in [3.05, 3.63) is 35.1 Å². The van der Waals surface area contributed by atoms with Gasteiger partial charge in [0, 0.05) is 17.8 Å². The van der Waals surface area contributed by atoms with Crippen molar-refractivity contribution < 1.29 is 13.7 Å². The molecule has 21 heavy (non-hydrogen) atoms. The molecule has 1 heterocycles. The zero-order valence-electron chi connectivity index (χ0n) is 12.9. The normalized spacial score (nSPS) is 20.9. The third kappa shape index (κ3) is 2.97. The van der Waals surface area contributed by atoms with Crippen molar-refractivity contribution >= 4 is 18.9 Å². The average Bonchev–Trinajstić information content (AvgIpc) is 2.58. The van der Waals surface area contributed by atoms with Gasteiger partial charge in [0.1, 0.15) is 5.82 Å². The van der Waals surface area contributed by atoms with Crippen LogP contribution < -0.4 is 11.5 Å². The van der Waals surface area contributed by atoms with Crippen molar-refractivity contribution in [1.82, 2.24) is 0 Å². The molecule has 1 aliphatic heterocycles. The second kappa shape index (κ2) is 5.44. The first-order chi connectivity index (χ1) is 9.68. The summed E-state index contributed by atoms with van der Waals surface area (Å²) in [5, 5.41) is 0. The second-order valence-corrected chi connectivity index (χ2v) is 6.25. The van der Waals surface area contributed by atoms with E-state index in [1.165, 1.54) is 6.07 Å². The van der Waals surface area contributed by atoms with Gasteiger partial charge < -0.3 is 20.8 Å². The first-order valence-corrected chi connectivity index (χ1v) is 6.98. The monoisotopic (exact) mass is 292 g/mol. The smallest absolute Gasteiger partial charge is 0.400 e. The van der Waals surface area contributed by atoms with Gasteiger partial charge in [-0.25, -0.2) is 4.39 Å². The molecule has 2 rings (SSSR count). The molecule has 0 amide bonds. The SMILES string of the molecule is CC1(C)OB(C(=Cc2c(N)cccc2F)CN)OC1(C)C. The lowest BCUT2D eigenvalue weighted by Crippen LogP contribution is -2.41. The van der Waals surface area contributed by atoms with Crippen molar-refractivity contribution in [1.29, 1.82) is 0 Å². The Bertz CT molecular complexity index is 537. The van der Waals surface area contributed by atoms with Crippen LogP contribution in [-0.2, 0) is 9.31 Å². The van der Waals surface area contributed by atoms with Crippen molar-refractivity contribution in [3.63, 3.8) is 0 Å². The molecule has 0 radical (unpaired) electrons. The zero-order chi connectivity index (χ0) is 15.8. The van der Waals surface area contributed by atoms with Crippen LogP contribution in [0.3, 0.4) is 0 Å². The number of nitrogen functional groups attached to an aromatic ring is 1. The molecule has 6 heteroatoms. The molecule has 0 aliphatic carbocycles. The van der Waals surface area contributed by atoms with E-state index in [1.807, 2.05) is 27.7 Å². The summed E-state index contributed by atoms with van der Waals surface area (Å²) in [7, 11) is -0.598. The molecule has 0 aromatic heterocycles. The summed E-state index contributed by atoms with van der Waals surface area (Å²) in [6, 6.07) is 4.58. The second-order valence-electron chi connectivity index (χ2n) is 6.25. The van der Waals surface area contributed by atoms with Crippen LogP contribution in [0.4, 0.5) is 10.1 Å². The van der Waals surface area contributed by atoms with Crippen molar-refractivity contribution in [3.8, 4) is 0 Å². The van der Waals surface area contributed by atoms with E-state index in [0.29, 0.717) is 16.7 Å². The summed E-state index contributed by atoms with van der Waals surface area (Å²) < 4.78 is 25.8. The van der Waals surface area contributed by atoms with Crippen LogP contribution in [0.1, 0.15) is 33.3 Å². The lowest BCUT2D eigenvalue weighted by atomic mass is 9.77. The first kappa shape index (κ1) is 16.0. The molecule has 4 nitrogen and oxygen atoms in total. The average molecular weight is 292 g/mol. The van der Waals surface area contributed by atoms with Crippen LogP contribution in [0.25, 0.3) is 6.08 Å². The van der Waals surface area contributed by atoms with Gasteiger partial charge in [0.05, 0.1) is 11.2 Å². The Morgan fingerprint density at radius 2 is 1.81 bits per heavy atom. The third-order valence-corrected chi connectivity index (χ3v) is 4.21. The zero-order valence-corrected chi connectivity index (χ0v) is 12.9. The van der Waals surface area contributed by atoms with Gasteiger partial charge in [-0.3, -0.25) is 0 Å². The molecule has 4 N–H and O–H groups in total. The van der Waals surface area contributed by atoms with Crippen LogP contribution in [-0.4, -0.2) is 24.9 Å². The highest BCUT2D eigenvalue weighted by molar-refractivity contribution is 6.56. The maximum Gasteiger partial charge on any atom is 0.491 e. The van der Waals surface area contributed by atoms with Gasteiger partial charge in [-0.15, -0.1) is 0 Å². The largest absolute Gasteiger partial charge is 0.491 e. The van der Waals surface area contributed by atoms with E-state index in [4.69, 9.17) is 20.8 Å². The van der Waals surface area contributed by atoms with Gasteiger partial charge in [-0.05, 0) is 45.3 Å². The molecule has 1 aliphatic rings. The molecule has 0 bridgehead atoms. The fraction of sp³-hybridized carbons (Fsp3) is 0.467. The minimum absolute atomic E-state index is 0.199. The van der Waals surface area contributed by atoms with Crippen LogP contribution in [0, 0.1) is 5.82 Å². The van der Waals surface area contributed by atoms with Gasteiger partial charge in [-0.2, -0.15) is 0 Å². The Morgan fingerprint density at radius 1 is 1.24 bits per heavy atom. The Hall–Kier alpha value is -1.37. The fourth-order valence-electron chi connectivity index (χ4n) is 2.11. The maximum atomic E-state index is 13.9. The van der Waals surface area contributed by atoms with Gasteiger partial charge in [0.15, 0.2) is 0 Å². The molecule has 114 valence electrons. The maximum absolute atomic E-state index is 13.9. The third-order valence-electron chi connectivity index (χ3n) is 4.21. The summed E-state index contributed by atoms with van der Waals surface area (Å²) in [6.07, 6.45) is 1.62. The summed E-state index contributed by atoms with van der Waals surface area (Å²) in [5.74, 6) is -0.391. The Kier molecular flexibility index (Phi) is 4.15. The van der Waals surface area contributed by atoms with Gasteiger partial charge >= 0.3 is 7.12 Å². The molecular weight excluding hydrogens is 270 g/mol. The number of halogens is 1. The molecule has 1 aromatic rings. The summed E-state index contributed by atoms with van der Waals surface area (Å²) in [5.41, 5.74) is 12.0. The number of hydrogen-bond acceptors (Lipinski definition) is 4. The topological polar surface area (TPSA) is 70.5 Å². The highest BCUT2D eigenvalue weighted by atomic mass is 19.1. The minimum Gasteiger partial charge on any atom is -0.400 e. The van der Waals surface area contributed by atoms with E-state index in [1.54, 1.807) is 18.2 Å². The van der Waals surface area contributed by atoms with E-state index in [-0.39, 0.29) is 6.54 Å². The fourth-order valence-corrected chi connectivity index (χ4v) is 2.11. The number of benzene rings is 1. The Balaban J connectivity index is 2.36. The van der Waals surface area contributed by atoms with Gasteiger partial charge in [0.25, 0.3) is 0 Å². The molecule has 0 atom stereocenters. The summed E-state index contributed by atoms with van der Waals surface area (Å²) >= 11 is 0. The first-order valence-electron chi connectivity index (χ1n) is 6.98. The Labute approximate surface area is 125 Å². The van der Waals surface area contributed by atoms with E-state index < -0.39 is 24.1 Å². The standard InChI is InChI=1S/C15H22BFN2O2/c1-14(2)15(3,4)21-16(20-14)10(9-18)8-11-12(17)6-5-7-13(11)19/h5-8H,9,18-19H2,1-4H3. The quantitative estimate of drug-likeness (QED) is 0.663. The van der Waals surface area contributed by atoms with Crippen molar-refractivity contribution in [2.24, 2.45) is 5.73 Å². The van der Waals surface area contributed by atoms with E-state index in [2.05, 4.69) is 0 Å². The highest BCUT2D eigenvalue weighted by Crippen LogP contribution is 2.38. The van der Waals surface area contributed by atoms with E-state index >= 15 is 0 Å². The number of rotatable bonds is 3. The molecule has 1 saturated heterocycles. The van der Waals surface area contributed by atoms with Crippen LogP contribution in [0.15, 0.2) is 23.7 Å². The molecule has 1 aromatic carbocycles. The van der Waals surface area contributed by atoms with Gasteiger partial charge in [0.2, 0.25) is 0 Å². The van der Waals surface area contributed by atoms with Crippen molar-refractivity contribution in [2.45, 2.75) is 38.9 Å². The lowest BCUT2D eigenvalue weighted by molar-refractivity contribution is 0.00578. The number of hydrogen-bond donors (Lipinski definition) is 2. The highest BCUT2D eigenvalue weighted by Gasteiger charge is 2.52. The van der Waals surface area contributed by atoms with E-state index in [9.17, 15) is 4.39 Å². The van der Waals surface area contributed by atoms with Crippen LogP contribution in [0.5, 0.6) is 0 Å². The van der Waals surface area contributed by atoms with Crippen LogP contribution in [0.2, 0.25) is 0 Å². The molecular formula is C15H22BFN2O2. The molecule has 0 unspecified atom stereocenters. The molecule has 1 fully saturated rings. The van der Waals surface area contributed by atoms with Crippen molar-refractivity contribution in [2.75, 3.05) is 12.3 Å².